The molecule has 28 heavy (non-hydrogen) atoms. The molecule has 1 amide bonds. The van der Waals surface area contributed by atoms with Gasteiger partial charge in [-0.2, -0.15) is 0 Å². The summed E-state index contributed by atoms with van der Waals surface area (Å²) in [5, 5.41) is 3.84. The maximum absolute atomic E-state index is 13.0. The Morgan fingerprint density at radius 3 is 2.46 bits per heavy atom. The Labute approximate surface area is 160 Å². The highest BCUT2D eigenvalue weighted by Gasteiger charge is 2.26. The molecule has 3 aromatic rings. The first kappa shape index (κ1) is 18.1. The number of carbonyl (C=O) groups is 2. The molecule has 0 atom stereocenters. The van der Waals surface area contributed by atoms with Crippen LogP contribution in [0.2, 0.25) is 0 Å². The van der Waals surface area contributed by atoms with Gasteiger partial charge in [-0.15, -0.1) is 0 Å². The number of piperazine rings is 1. The lowest BCUT2D eigenvalue weighted by molar-refractivity contribution is 0.0615. The Bertz CT molecular complexity index is 958. The lowest BCUT2D eigenvalue weighted by atomic mass is 10.1. The molecule has 0 spiro atoms. The van der Waals surface area contributed by atoms with Gasteiger partial charge in [-0.05, 0) is 36.4 Å². The van der Waals surface area contributed by atoms with Crippen molar-refractivity contribution in [3.63, 3.8) is 0 Å². The number of nitrogens with zero attached hydrogens (tertiary/aromatic N) is 3. The van der Waals surface area contributed by atoms with Crippen LogP contribution in [-0.2, 0) is 0 Å². The summed E-state index contributed by atoms with van der Waals surface area (Å²) in [6, 6.07) is 10.5. The van der Waals surface area contributed by atoms with E-state index in [2.05, 4.69) is 5.16 Å². The number of carbonyl (C=O) groups excluding carboxylic acids is 2. The largest absolute Gasteiger partial charge is 0.461 e. The Morgan fingerprint density at radius 1 is 1.04 bits per heavy atom. The molecule has 1 aliphatic rings. The van der Waals surface area contributed by atoms with Crippen LogP contribution < -0.4 is 0 Å². The summed E-state index contributed by atoms with van der Waals surface area (Å²) in [7, 11) is 0. The lowest BCUT2D eigenvalue weighted by Gasteiger charge is -2.33. The molecular formula is C20H18FN3O4. The third kappa shape index (κ3) is 3.86. The van der Waals surface area contributed by atoms with Crippen LogP contribution in [-0.4, -0.2) is 59.4 Å². The highest BCUT2D eigenvalue weighted by Crippen LogP contribution is 2.21. The minimum atomic E-state index is -0.369. The smallest absolute Gasteiger partial charge is 0.276 e. The zero-order chi connectivity index (χ0) is 19.5. The van der Waals surface area contributed by atoms with Crippen LogP contribution in [0.4, 0.5) is 4.39 Å². The van der Waals surface area contributed by atoms with Crippen molar-refractivity contribution in [1.82, 2.24) is 15.0 Å². The van der Waals surface area contributed by atoms with Crippen LogP contribution in [0, 0.1) is 5.82 Å². The van der Waals surface area contributed by atoms with Crippen LogP contribution in [0.25, 0.3) is 11.5 Å². The van der Waals surface area contributed by atoms with Crippen LogP contribution in [0.3, 0.4) is 0 Å². The van der Waals surface area contributed by atoms with Crippen molar-refractivity contribution in [2.75, 3.05) is 32.7 Å². The SMILES string of the molecule is O=C(CN1CCN(C(=O)c2cc(-c3ccco3)on2)CC1)c1ccc(F)cc1. The van der Waals surface area contributed by atoms with Gasteiger partial charge in [-0.25, -0.2) is 4.39 Å². The fourth-order valence-corrected chi connectivity index (χ4v) is 3.11. The highest BCUT2D eigenvalue weighted by molar-refractivity contribution is 5.97. The van der Waals surface area contributed by atoms with E-state index in [-0.39, 0.29) is 29.7 Å². The maximum atomic E-state index is 13.0. The van der Waals surface area contributed by atoms with Gasteiger partial charge in [0.2, 0.25) is 5.76 Å². The zero-order valence-corrected chi connectivity index (χ0v) is 15.0. The minimum Gasteiger partial charge on any atom is -0.461 e. The molecule has 1 aliphatic heterocycles. The first-order valence-corrected chi connectivity index (χ1v) is 8.91. The average Bonchev–Trinajstić information content (AvgIpc) is 3.40. The Morgan fingerprint density at radius 2 is 1.79 bits per heavy atom. The van der Waals surface area contributed by atoms with E-state index in [1.165, 1.54) is 30.5 Å². The number of hydrogen-bond acceptors (Lipinski definition) is 6. The lowest BCUT2D eigenvalue weighted by Crippen LogP contribution is -2.50. The van der Waals surface area contributed by atoms with Crippen molar-refractivity contribution in [3.8, 4) is 11.5 Å². The molecule has 4 rings (SSSR count). The summed E-state index contributed by atoms with van der Waals surface area (Å²) in [6.07, 6.45) is 1.52. The van der Waals surface area contributed by atoms with Crippen molar-refractivity contribution in [1.29, 1.82) is 0 Å². The number of hydrogen-bond donors (Lipinski definition) is 0. The van der Waals surface area contributed by atoms with Gasteiger partial charge >= 0.3 is 0 Å². The molecule has 2 aromatic heterocycles. The van der Waals surface area contributed by atoms with E-state index in [0.717, 1.165) is 0 Å². The average molecular weight is 383 g/mol. The van der Waals surface area contributed by atoms with Gasteiger partial charge in [-0.1, -0.05) is 5.16 Å². The molecule has 144 valence electrons. The van der Waals surface area contributed by atoms with Crippen LogP contribution >= 0.6 is 0 Å². The Hall–Kier alpha value is -3.26. The number of rotatable bonds is 5. The second-order valence-electron chi connectivity index (χ2n) is 6.55. The van der Waals surface area contributed by atoms with Gasteiger partial charge in [0.15, 0.2) is 17.2 Å². The fraction of sp³-hybridized carbons (Fsp3) is 0.250. The zero-order valence-electron chi connectivity index (χ0n) is 15.0. The summed E-state index contributed by atoms with van der Waals surface area (Å²) in [5.41, 5.74) is 0.704. The molecule has 0 N–H and O–H groups in total. The topological polar surface area (TPSA) is 79.8 Å². The van der Waals surface area contributed by atoms with Gasteiger partial charge in [0.1, 0.15) is 5.82 Å². The first-order valence-electron chi connectivity index (χ1n) is 8.91. The molecule has 0 aliphatic carbocycles. The molecule has 1 aromatic carbocycles. The van der Waals surface area contributed by atoms with Crippen LogP contribution in [0.1, 0.15) is 20.8 Å². The molecule has 7 nitrogen and oxygen atoms in total. The molecule has 3 heterocycles. The molecule has 0 radical (unpaired) electrons. The van der Waals surface area contributed by atoms with E-state index in [1.807, 2.05) is 4.90 Å². The standard InChI is InChI=1S/C20H18FN3O4/c21-15-5-3-14(4-6-15)17(25)13-23-7-9-24(10-8-23)20(26)16-12-19(28-22-16)18-2-1-11-27-18/h1-6,11-12H,7-10,13H2. The van der Waals surface area contributed by atoms with E-state index in [1.54, 1.807) is 23.1 Å². The normalized spacial score (nSPS) is 15.0. The molecule has 1 fully saturated rings. The molecule has 0 unspecified atom stereocenters. The quantitative estimate of drug-likeness (QED) is 0.631. The van der Waals surface area contributed by atoms with Gasteiger partial charge < -0.3 is 13.8 Å². The third-order valence-electron chi connectivity index (χ3n) is 4.69. The number of benzene rings is 1. The summed E-state index contributed by atoms with van der Waals surface area (Å²) in [6.45, 7) is 2.35. The minimum absolute atomic E-state index is 0.0700. The second kappa shape index (κ2) is 7.77. The number of halogens is 1. The van der Waals surface area contributed by atoms with Crippen molar-refractivity contribution >= 4 is 11.7 Å². The van der Waals surface area contributed by atoms with Crippen molar-refractivity contribution in [2.45, 2.75) is 0 Å². The molecule has 0 bridgehead atoms. The maximum Gasteiger partial charge on any atom is 0.276 e. The third-order valence-corrected chi connectivity index (χ3v) is 4.69. The van der Waals surface area contributed by atoms with E-state index in [9.17, 15) is 14.0 Å². The number of ketones is 1. The van der Waals surface area contributed by atoms with Gasteiger partial charge in [0.05, 0.1) is 12.8 Å². The van der Waals surface area contributed by atoms with Crippen molar-refractivity contribution in [3.05, 3.63) is 65.8 Å². The number of amides is 1. The summed E-state index contributed by atoms with van der Waals surface area (Å²) >= 11 is 0. The predicted octanol–water partition coefficient (Wildman–Crippen LogP) is 2.71. The van der Waals surface area contributed by atoms with E-state index in [4.69, 9.17) is 8.94 Å². The number of aromatic nitrogens is 1. The molecule has 0 saturated carbocycles. The predicted molar refractivity (Wildman–Crippen MR) is 97.3 cm³/mol. The van der Waals surface area contributed by atoms with Gasteiger partial charge in [-0.3, -0.25) is 14.5 Å². The Kier molecular flexibility index (Phi) is 5.03. The molecule has 8 heteroatoms. The van der Waals surface area contributed by atoms with E-state index < -0.39 is 0 Å². The number of Topliss-reactive ketones (excluding diaryl/α,β-unsaturated/α-hetero) is 1. The summed E-state index contributed by atoms with van der Waals surface area (Å²) in [5.74, 6) is 0.254. The Balaban J connectivity index is 1.32. The summed E-state index contributed by atoms with van der Waals surface area (Å²) in [4.78, 5) is 28.6. The van der Waals surface area contributed by atoms with Crippen LogP contribution in [0.15, 0.2) is 57.7 Å². The van der Waals surface area contributed by atoms with Gasteiger partial charge in [0, 0.05) is 37.8 Å². The first-order chi connectivity index (χ1) is 13.6. The molecular weight excluding hydrogens is 365 g/mol. The number of furan rings is 1. The second-order valence-corrected chi connectivity index (χ2v) is 6.55. The van der Waals surface area contributed by atoms with E-state index >= 15 is 0 Å². The fourth-order valence-electron chi connectivity index (χ4n) is 3.11. The van der Waals surface area contributed by atoms with Crippen molar-refractivity contribution in [2.24, 2.45) is 0 Å². The molecule has 1 saturated heterocycles. The summed E-state index contributed by atoms with van der Waals surface area (Å²) < 4.78 is 23.4. The van der Waals surface area contributed by atoms with Crippen LogP contribution in [0.5, 0.6) is 0 Å². The van der Waals surface area contributed by atoms with E-state index in [0.29, 0.717) is 43.3 Å². The monoisotopic (exact) mass is 383 g/mol. The highest BCUT2D eigenvalue weighted by atomic mass is 19.1. The van der Waals surface area contributed by atoms with Gasteiger partial charge in [0.25, 0.3) is 5.91 Å². The van der Waals surface area contributed by atoms with Crippen molar-refractivity contribution < 1.29 is 22.9 Å².